The molecule has 5 atom stereocenters. The van der Waals surface area contributed by atoms with Crippen LogP contribution in [0.5, 0.6) is 0 Å². The van der Waals surface area contributed by atoms with Gasteiger partial charge in [0, 0.05) is 4.91 Å². The minimum Gasteiger partial charge on any atom is -0.393 e. The summed E-state index contributed by atoms with van der Waals surface area (Å²) in [6.45, 7) is 4.58. The first-order chi connectivity index (χ1) is 8.36. The Morgan fingerprint density at radius 2 is 2.17 bits per heavy atom. The highest BCUT2D eigenvalue weighted by atomic mass is 16.8. The van der Waals surface area contributed by atoms with Crippen molar-refractivity contribution in [1.82, 2.24) is 0 Å². The summed E-state index contributed by atoms with van der Waals surface area (Å²) in [5.41, 5.74) is 7.12. The van der Waals surface area contributed by atoms with Crippen molar-refractivity contribution in [3.8, 4) is 0 Å². The number of fused-ring (bicyclic) bond motifs is 1. The molecule has 18 heavy (non-hydrogen) atoms. The third-order valence-electron chi connectivity index (χ3n) is 3.29. The molecule has 2 N–H and O–H groups in total. The number of hydrogen-bond acceptors (Lipinski definition) is 6. The van der Waals surface area contributed by atoms with Crippen LogP contribution in [0, 0.1) is 0 Å². The average molecular weight is 259 g/mol. The van der Waals surface area contributed by atoms with Gasteiger partial charge in [0.05, 0.1) is 18.8 Å². The lowest BCUT2D eigenvalue weighted by Gasteiger charge is -2.27. The van der Waals surface area contributed by atoms with E-state index in [0.717, 1.165) is 0 Å². The number of ether oxygens (including phenoxy) is 3. The molecule has 0 spiro atoms. The SMILES string of the molecule is C[C@H](N=[N+]=[N-])[C@H]1OC(O)[C@@]2(CO)OC(C)(C)O[C@@H]12. The topological polar surface area (TPSA) is 117 Å². The van der Waals surface area contributed by atoms with Gasteiger partial charge in [0.15, 0.2) is 17.7 Å². The van der Waals surface area contributed by atoms with E-state index in [1.165, 1.54) is 0 Å². The van der Waals surface area contributed by atoms with Crippen molar-refractivity contribution >= 4 is 0 Å². The van der Waals surface area contributed by atoms with Crippen LogP contribution in [0.1, 0.15) is 20.8 Å². The third-order valence-corrected chi connectivity index (χ3v) is 3.29. The van der Waals surface area contributed by atoms with Crippen LogP contribution in [0.4, 0.5) is 0 Å². The van der Waals surface area contributed by atoms with Gasteiger partial charge in [-0.15, -0.1) is 0 Å². The molecule has 2 heterocycles. The summed E-state index contributed by atoms with van der Waals surface area (Å²) in [5.74, 6) is -0.938. The summed E-state index contributed by atoms with van der Waals surface area (Å²) in [4.78, 5) is 2.71. The van der Waals surface area contributed by atoms with E-state index >= 15 is 0 Å². The zero-order valence-electron chi connectivity index (χ0n) is 10.5. The first-order valence-electron chi connectivity index (χ1n) is 5.73. The molecule has 2 saturated heterocycles. The summed E-state index contributed by atoms with van der Waals surface area (Å²) in [7, 11) is 0. The van der Waals surface area contributed by atoms with Gasteiger partial charge in [0.2, 0.25) is 0 Å². The van der Waals surface area contributed by atoms with Gasteiger partial charge in [-0.3, -0.25) is 0 Å². The van der Waals surface area contributed by atoms with Gasteiger partial charge < -0.3 is 24.4 Å². The summed E-state index contributed by atoms with van der Waals surface area (Å²) in [6, 6.07) is -0.541. The number of hydrogen-bond donors (Lipinski definition) is 2. The fraction of sp³-hybridized carbons (Fsp3) is 1.00. The fourth-order valence-electron chi connectivity index (χ4n) is 2.53. The van der Waals surface area contributed by atoms with E-state index in [9.17, 15) is 10.2 Å². The Morgan fingerprint density at radius 1 is 1.50 bits per heavy atom. The molecule has 102 valence electrons. The Balaban J connectivity index is 2.31. The van der Waals surface area contributed by atoms with E-state index in [4.69, 9.17) is 19.7 Å². The minimum atomic E-state index is -1.33. The van der Waals surface area contributed by atoms with Gasteiger partial charge >= 0.3 is 0 Å². The predicted octanol–water partition coefficient (Wildman–Crippen LogP) is 0.285. The van der Waals surface area contributed by atoms with Crippen molar-refractivity contribution < 1.29 is 24.4 Å². The Labute approximate surface area is 104 Å². The van der Waals surface area contributed by atoms with Crippen LogP contribution in [-0.4, -0.2) is 52.7 Å². The molecular formula is C10H17N3O5. The van der Waals surface area contributed by atoms with Crippen molar-refractivity contribution in [3.63, 3.8) is 0 Å². The lowest BCUT2D eigenvalue weighted by Crippen LogP contribution is -2.50. The number of aliphatic hydroxyl groups is 2. The Bertz CT molecular complexity index is 384. The zero-order valence-corrected chi connectivity index (χ0v) is 10.5. The minimum absolute atomic E-state index is 0.443. The first-order valence-corrected chi connectivity index (χ1v) is 5.73. The number of azide groups is 1. The maximum Gasteiger partial charge on any atom is 0.189 e. The van der Waals surface area contributed by atoms with Gasteiger partial charge in [-0.2, -0.15) is 0 Å². The van der Waals surface area contributed by atoms with Crippen LogP contribution < -0.4 is 0 Å². The average Bonchev–Trinajstić information content (AvgIpc) is 2.70. The summed E-state index contributed by atoms with van der Waals surface area (Å²) in [6.07, 6.45) is -2.67. The molecule has 0 saturated carbocycles. The second kappa shape index (κ2) is 4.34. The van der Waals surface area contributed by atoms with Crippen molar-refractivity contribution in [2.75, 3.05) is 6.61 Å². The molecule has 2 rings (SSSR count). The normalized spacial score (nSPS) is 43.3. The van der Waals surface area contributed by atoms with Gasteiger partial charge in [-0.1, -0.05) is 12.0 Å². The highest BCUT2D eigenvalue weighted by Crippen LogP contribution is 2.46. The molecule has 0 aliphatic carbocycles. The first kappa shape index (κ1) is 13.5. The van der Waals surface area contributed by atoms with E-state index in [0.29, 0.717) is 0 Å². The Morgan fingerprint density at radius 3 is 2.72 bits per heavy atom. The summed E-state index contributed by atoms with van der Waals surface area (Å²) >= 11 is 0. The number of aliphatic hydroxyl groups excluding tert-OH is 2. The smallest absolute Gasteiger partial charge is 0.189 e. The second-order valence-electron chi connectivity index (χ2n) is 5.05. The molecule has 0 aromatic heterocycles. The highest BCUT2D eigenvalue weighted by Gasteiger charge is 2.66. The van der Waals surface area contributed by atoms with Crippen LogP contribution >= 0.6 is 0 Å². The lowest BCUT2D eigenvalue weighted by atomic mass is 9.94. The summed E-state index contributed by atoms with van der Waals surface area (Å²) in [5, 5.41) is 23.0. The Kier molecular flexibility index (Phi) is 3.26. The Hall–Kier alpha value is -0.890. The molecule has 0 bridgehead atoms. The molecule has 0 amide bonds. The van der Waals surface area contributed by atoms with Crippen molar-refractivity contribution in [2.45, 2.75) is 56.7 Å². The van der Waals surface area contributed by atoms with Gasteiger partial charge in [0.25, 0.3) is 0 Å². The quantitative estimate of drug-likeness (QED) is 0.429. The molecule has 8 heteroatoms. The lowest BCUT2D eigenvalue weighted by molar-refractivity contribution is -0.253. The number of nitrogens with zero attached hydrogens (tertiary/aromatic N) is 3. The standard InChI is InChI=1S/C10H17N3O5/c1-5(12-13-11)6-7-10(4-14,8(15)16-6)18-9(2,3)17-7/h5-8,14-15H,4H2,1-3H3/t5-,6+,7-,8?,10-/m0/s1. The van der Waals surface area contributed by atoms with Gasteiger partial charge in [-0.05, 0) is 19.4 Å². The molecule has 0 aromatic carbocycles. The van der Waals surface area contributed by atoms with E-state index in [-0.39, 0.29) is 0 Å². The van der Waals surface area contributed by atoms with Crippen molar-refractivity contribution in [1.29, 1.82) is 0 Å². The molecular weight excluding hydrogens is 242 g/mol. The molecule has 8 nitrogen and oxygen atoms in total. The van der Waals surface area contributed by atoms with Crippen LogP contribution in [0.2, 0.25) is 0 Å². The molecule has 2 aliphatic heterocycles. The molecule has 1 unspecified atom stereocenters. The molecule has 2 fully saturated rings. The van der Waals surface area contributed by atoms with E-state index in [1.54, 1.807) is 20.8 Å². The third kappa shape index (κ3) is 1.87. The van der Waals surface area contributed by atoms with E-state index < -0.39 is 42.5 Å². The van der Waals surface area contributed by atoms with Crippen LogP contribution in [0.15, 0.2) is 5.11 Å². The fourth-order valence-corrected chi connectivity index (χ4v) is 2.53. The van der Waals surface area contributed by atoms with Gasteiger partial charge in [-0.25, -0.2) is 0 Å². The maximum atomic E-state index is 9.95. The zero-order chi connectivity index (χ0) is 13.6. The molecule has 0 radical (unpaired) electrons. The summed E-state index contributed by atoms with van der Waals surface area (Å²) < 4.78 is 16.6. The van der Waals surface area contributed by atoms with Crippen molar-refractivity contribution in [2.24, 2.45) is 5.11 Å². The monoisotopic (exact) mass is 259 g/mol. The molecule has 0 aromatic rings. The second-order valence-corrected chi connectivity index (χ2v) is 5.05. The highest BCUT2D eigenvalue weighted by molar-refractivity contribution is 5.09. The number of rotatable bonds is 3. The molecule has 2 aliphatic rings. The van der Waals surface area contributed by atoms with Crippen LogP contribution in [0.25, 0.3) is 10.4 Å². The van der Waals surface area contributed by atoms with Gasteiger partial charge in [0.1, 0.15) is 6.10 Å². The van der Waals surface area contributed by atoms with Crippen molar-refractivity contribution in [3.05, 3.63) is 10.4 Å². The largest absolute Gasteiger partial charge is 0.393 e. The van der Waals surface area contributed by atoms with Crippen LogP contribution in [-0.2, 0) is 14.2 Å². The van der Waals surface area contributed by atoms with E-state index in [1.807, 2.05) is 0 Å². The van der Waals surface area contributed by atoms with E-state index in [2.05, 4.69) is 10.0 Å². The predicted molar refractivity (Wildman–Crippen MR) is 59.3 cm³/mol. The maximum absolute atomic E-state index is 9.95. The van der Waals surface area contributed by atoms with Crippen LogP contribution in [0.3, 0.4) is 0 Å².